The van der Waals surface area contributed by atoms with Gasteiger partial charge in [-0.1, -0.05) is 13.8 Å². The lowest BCUT2D eigenvalue weighted by atomic mass is 9.97. The van der Waals surface area contributed by atoms with Gasteiger partial charge in [-0.05, 0) is 26.7 Å². The first-order valence-electron chi connectivity index (χ1n) is 6.45. The smallest absolute Gasteiger partial charge is 0.187 e. The molecule has 0 radical (unpaired) electrons. The zero-order chi connectivity index (χ0) is 11.5. The fraction of sp³-hybridized carbons (Fsp3) is 0.923. The van der Waals surface area contributed by atoms with Crippen LogP contribution in [0.4, 0.5) is 0 Å². The summed E-state index contributed by atoms with van der Waals surface area (Å²) in [5.41, 5.74) is 0. The van der Waals surface area contributed by atoms with Crippen LogP contribution in [0.5, 0.6) is 0 Å². The van der Waals surface area contributed by atoms with Crippen LogP contribution < -0.4 is 17.0 Å². The number of carbonyl (C=O) groups is 1. The molecule has 96 valence electrons. The lowest BCUT2D eigenvalue weighted by molar-refractivity contribution is -0.965. The Morgan fingerprint density at radius 3 is 2.06 bits per heavy atom. The number of Topliss-reactive ketones (excluding diaryl/α,β-unsaturated/α-hetero) is 1. The predicted molar refractivity (Wildman–Crippen MR) is 63.7 cm³/mol. The van der Waals surface area contributed by atoms with Gasteiger partial charge in [0, 0.05) is 12.8 Å². The maximum atomic E-state index is 11.7. The fourth-order valence-electron chi connectivity index (χ4n) is 2.97. The Labute approximate surface area is 111 Å². The van der Waals surface area contributed by atoms with Crippen LogP contribution in [-0.2, 0) is 4.79 Å². The number of carbonyl (C=O) groups excluding carboxylic acids is 1. The number of likely N-dealkylation sites (tertiary alicyclic amines) is 1. The number of rotatable bonds is 4. The number of nitrogens with zero attached hydrogens (tertiary/aromatic N) is 1. The summed E-state index contributed by atoms with van der Waals surface area (Å²) in [6.45, 7) is 11.1. The lowest BCUT2D eigenvalue weighted by Crippen LogP contribution is -3.00. The Morgan fingerprint density at radius 1 is 1.19 bits per heavy atom. The standard InChI is InChI=1S/C13H26NO.BrH/c1-5-11(3)14(12(4)6-2)9-7-8-13(15)10-14;/h11-12H,5-10H2,1-4H3;1H/q+1;/p-1. The Hall–Kier alpha value is 0.110. The van der Waals surface area contributed by atoms with Crippen molar-refractivity contribution in [1.82, 2.24) is 0 Å². The number of hydrogen-bond donors (Lipinski definition) is 0. The zero-order valence-electron chi connectivity index (χ0n) is 11.1. The molecule has 0 aromatic rings. The van der Waals surface area contributed by atoms with Crippen molar-refractivity contribution in [2.45, 2.75) is 65.5 Å². The van der Waals surface area contributed by atoms with Crippen molar-refractivity contribution >= 4 is 5.78 Å². The quantitative estimate of drug-likeness (QED) is 0.654. The highest BCUT2D eigenvalue weighted by Gasteiger charge is 2.41. The van der Waals surface area contributed by atoms with Crippen LogP contribution in [0.25, 0.3) is 0 Å². The van der Waals surface area contributed by atoms with Gasteiger partial charge in [-0.3, -0.25) is 4.79 Å². The molecule has 0 aromatic heterocycles. The summed E-state index contributed by atoms with van der Waals surface area (Å²) in [5, 5.41) is 0. The van der Waals surface area contributed by atoms with Crippen LogP contribution in [0.1, 0.15) is 53.4 Å². The first-order chi connectivity index (χ1) is 7.06. The molecule has 1 heterocycles. The molecule has 1 fully saturated rings. The van der Waals surface area contributed by atoms with Crippen LogP contribution in [0.3, 0.4) is 0 Å². The molecule has 16 heavy (non-hydrogen) atoms. The molecule has 0 amide bonds. The number of halogens is 1. The Morgan fingerprint density at radius 2 is 1.69 bits per heavy atom. The highest BCUT2D eigenvalue weighted by atomic mass is 79.9. The molecule has 0 saturated carbocycles. The van der Waals surface area contributed by atoms with Gasteiger partial charge >= 0.3 is 0 Å². The summed E-state index contributed by atoms with van der Waals surface area (Å²) in [5.74, 6) is 0.474. The molecule has 1 aliphatic rings. The third kappa shape index (κ3) is 3.07. The Balaban J connectivity index is 0.00000225. The van der Waals surface area contributed by atoms with Gasteiger partial charge in [0.1, 0.15) is 6.54 Å². The fourth-order valence-corrected chi connectivity index (χ4v) is 2.97. The van der Waals surface area contributed by atoms with Gasteiger partial charge in [-0.15, -0.1) is 0 Å². The van der Waals surface area contributed by atoms with E-state index in [1.807, 2.05) is 0 Å². The molecule has 0 spiro atoms. The summed E-state index contributed by atoms with van der Waals surface area (Å²) >= 11 is 0. The second-order valence-corrected chi connectivity index (χ2v) is 5.14. The van der Waals surface area contributed by atoms with Gasteiger partial charge < -0.3 is 21.5 Å². The monoisotopic (exact) mass is 291 g/mol. The first kappa shape index (κ1) is 16.1. The van der Waals surface area contributed by atoms with Crippen molar-refractivity contribution < 1.29 is 26.3 Å². The summed E-state index contributed by atoms with van der Waals surface area (Å²) in [6, 6.07) is 1.26. The molecule has 2 nitrogen and oxygen atoms in total. The highest BCUT2D eigenvalue weighted by Crippen LogP contribution is 2.28. The van der Waals surface area contributed by atoms with Crippen molar-refractivity contribution in [3.05, 3.63) is 0 Å². The molecule has 3 heteroatoms. The number of piperidine rings is 1. The summed E-state index contributed by atoms with van der Waals surface area (Å²) in [6.07, 6.45) is 4.26. The van der Waals surface area contributed by atoms with Crippen molar-refractivity contribution in [2.24, 2.45) is 0 Å². The summed E-state index contributed by atoms with van der Waals surface area (Å²) in [7, 11) is 0. The molecular weight excluding hydrogens is 266 g/mol. The average Bonchev–Trinajstić information content (AvgIpc) is 2.26. The minimum absolute atomic E-state index is 0. The van der Waals surface area contributed by atoms with Crippen LogP contribution in [0, 0.1) is 0 Å². The maximum absolute atomic E-state index is 11.7. The van der Waals surface area contributed by atoms with Crippen LogP contribution in [0.15, 0.2) is 0 Å². The molecular formula is C13H26BrNO. The number of ketones is 1. The van der Waals surface area contributed by atoms with Gasteiger partial charge in [-0.2, -0.15) is 0 Å². The topological polar surface area (TPSA) is 17.1 Å². The molecule has 0 bridgehead atoms. The number of hydrogen-bond acceptors (Lipinski definition) is 1. The van der Waals surface area contributed by atoms with Crippen molar-refractivity contribution in [3.63, 3.8) is 0 Å². The molecule has 1 rings (SSSR count). The summed E-state index contributed by atoms with van der Waals surface area (Å²) < 4.78 is 1.05. The highest BCUT2D eigenvalue weighted by molar-refractivity contribution is 5.80. The maximum Gasteiger partial charge on any atom is 0.187 e. The van der Waals surface area contributed by atoms with E-state index in [-0.39, 0.29) is 17.0 Å². The second-order valence-electron chi connectivity index (χ2n) is 5.14. The SMILES string of the molecule is CCC(C)[N+]1(C(C)CC)CCCC(=O)C1.[Br-]. The van der Waals surface area contributed by atoms with E-state index in [2.05, 4.69) is 27.7 Å². The minimum Gasteiger partial charge on any atom is -1.00 e. The largest absolute Gasteiger partial charge is 1.00 e. The third-order valence-electron chi connectivity index (χ3n) is 4.44. The van der Waals surface area contributed by atoms with Gasteiger partial charge in [0.05, 0.1) is 18.6 Å². The predicted octanol–water partition coefficient (Wildman–Crippen LogP) is -0.233. The number of quaternary nitrogens is 1. The second kappa shape index (κ2) is 6.75. The third-order valence-corrected chi connectivity index (χ3v) is 4.44. The summed E-state index contributed by atoms with van der Waals surface area (Å²) in [4.78, 5) is 11.7. The average molecular weight is 292 g/mol. The van der Waals surface area contributed by atoms with E-state index < -0.39 is 0 Å². The Kier molecular flexibility index (Phi) is 6.80. The molecule has 0 N–H and O–H groups in total. The van der Waals surface area contributed by atoms with E-state index in [9.17, 15) is 4.79 Å². The van der Waals surface area contributed by atoms with Crippen molar-refractivity contribution in [3.8, 4) is 0 Å². The van der Waals surface area contributed by atoms with E-state index in [1.165, 1.54) is 19.4 Å². The normalized spacial score (nSPS) is 29.4. The van der Waals surface area contributed by atoms with Crippen LogP contribution in [0.2, 0.25) is 0 Å². The van der Waals surface area contributed by atoms with Crippen molar-refractivity contribution in [2.75, 3.05) is 13.1 Å². The zero-order valence-corrected chi connectivity index (χ0v) is 12.7. The molecule has 1 aliphatic heterocycles. The van der Waals surface area contributed by atoms with E-state index in [4.69, 9.17) is 0 Å². The first-order valence-corrected chi connectivity index (χ1v) is 6.45. The van der Waals surface area contributed by atoms with Gasteiger partial charge in [0.2, 0.25) is 0 Å². The van der Waals surface area contributed by atoms with Crippen LogP contribution in [-0.4, -0.2) is 35.4 Å². The van der Waals surface area contributed by atoms with E-state index in [1.54, 1.807) is 0 Å². The molecule has 2 atom stereocenters. The van der Waals surface area contributed by atoms with Gasteiger partial charge in [0.15, 0.2) is 5.78 Å². The van der Waals surface area contributed by atoms with E-state index >= 15 is 0 Å². The molecule has 0 aromatic carbocycles. The van der Waals surface area contributed by atoms with Crippen LogP contribution >= 0.6 is 0 Å². The lowest BCUT2D eigenvalue weighted by Gasteiger charge is -2.49. The van der Waals surface area contributed by atoms with Gasteiger partial charge in [0.25, 0.3) is 0 Å². The van der Waals surface area contributed by atoms with Gasteiger partial charge in [-0.25, -0.2) is 0 Å². The van der Waals surface area contributed by atoms with E-state index in [0.717, 1.165) is 23.9 Å². The van der Waals surface area contributed by atoms with Crippen molar-refractivity contribution in [1.29, 1.82) is 0 Å². The van der Waals surface area contributed by atoms with E-state index in [0.29, 0.717) is 17.9 Å². The Bertz CT molecular complexity index is 220. The molecule has 1 saturated heterocycles. The molecule has 0 aliphatic carbocycles. The minimum atomic E-state index is 0. The molecule has 2 unspecified atom stereocenters.